The van der Waals surface area contributed by atoms with E-state index in [-0.39, 0.29) is 5.75 Å². The first-order valence-electron chi connectivity index (χ1n) is 6.12. The fourth-order valence-corrected chi connectivity index (χ4v) is 2.78. The lowest BCUT2D eigenvalue weighted by Crippen LogP contribution is -2.27. The predicted molar refractivity (Wildman–Crippen MR) is 72.9 cm³/mol. The van der Waals surface area contributed by atoms with Crippen LogP contribution >= 0.6 is 0 Å². The van der Waals surface area contributed by atoms with Crippen molar-refractivity contribution in [2.24, 2.45) is 0 Å². The highest BCUT2D eigenvalue weighted by atomic mass is 32.2. The van der Waals surface area contributed by atoms with E-state index in [0.29, 0.717) is 37.3 Å². The predicted octanol–water partition coefficient (Wildman–Crippen LogP) is 1.40. The van der Waals surface area contributed by atoms with E-state index in [0.717, 1.165) is 0 Å². The Hall–Kier alpha value is -1.42. The third-order valence-electron chi connectivity index (χ3n) is 2.47. The molecule has 0 aromatic heterocycles. The normalized spacial score (nSPS) is 11.2. The number of ether oxygens (including phenoxy) is 1. The summed E-state index contributed by atoms with van der Waals surface area (Å²) in [6.45, 7) is 3.40. The second kappa shape index (κ2) is 7.89. The maximum absolute atomic E-state index is 11.8. The highest BCUT2D eigenvalue weighted by Crippen LogP contribution is 2.10. The van der Waals surface area contributed by atoms with Crippen molar-refractivity contribution in [3.63, 3.8) is 0 Å². The Morgan fingerprint density at radius 2 is 2.11 bits per heavy atom. The van der Waals surface area contributed by atoms with Gasteiger partial charge in [0, 0.05) is 19.8 Å². The molecular weight excluding hydrogens is 264 g/mol. The van der Waals surface area contributed by atoms with Crippen LogP contribution in [0.15, 0.2) is 24.3 Å². The molecule has 6 heteroatoms. The first kappa shape index (κ1) is 15.6. The van der Waals surface area contributed by atoms with Crippen LogP contribution in [0.3, 0.4) is 0 Å². The SMILES string of the molecule is CCOCCCNS(=O)(=O)Cc1ccccc1C#N. The average Bonchev–Trinajstić information content (AvgIpc) is 2.38. The third kappa shape index (κ3) is 5.83. The molecule has 104 valence electrons. The number of nitriles is 1. The summed E-state index contributed by atoms with van der Waals surface area (Å²) in [6.07, 6.45) is 0.632. The Morgan fingerprint density at radius 3 is 2.79 bits per heavy atom. The van der Waals surface area contributed by atoms with Gasteiger partial charge in [0.05, 0.1) is 17.4 Å². The van der Waals surface area contributed by atoms with E-state index in [4.69, 9.17) is 10.00 Å². The van der Waals surface area contributed by atoms with E-state index in [9.17, 15) is 8.42 Å². The van der Waals surface area contributed by atoms with Crippen LogP contribution in [-0.2, 0) is 20.5 Å². The van der Waals surface area contributed by atoms with Crippen molar-refractivity contribution in [2.45, 2.75) is 19.1 Å². The molecule has 0 spiro atoms. The van der Waals surface area contributed by atoms with Crippen LogP contribution in [0, 0.1) is 11.3 Å². The highest BCUT2D eigenvalue weighted by molar-refractivity contribution is 7.88. The summed E-state index contributed by atoms with van der Waals surface area (Å²) >= 11 is 0. The summed E-state index contributed by atoms with van der Waals surface area (Å²) in [5, 5.41) is 8.91. The van der Waals surface area contributed by atoms with E-state index in [1.54, 1.807) is 24.3 Å². The Kier molecular flexibility index (Phi) is 6.50. The molecule has 0 saturated heterocycles. The van der Waals surface area contributed by atoms with Crippen LogP contribution in [0.2, 0.25) is 0 Å². The zero-order valence-corrected chi connectivity index (χ0v) is 11.7. The van der Waals surface area contributed by atoms with Crippen molar-refractivity contribution >= 4 is 10.0 Å². The summed E-state index contributed by atoms with van der Waals surface area (Å²) < 4.78 is 31.3. The molecule has 0 amide bonds. The molecule has 1 N–H and O–H groups in total. The molecule has 0 bridgehead atoms. The molecule has 5 nitrogen and oxygen atoms in total. The number of nitrogens with one attached hydrogen (secondary N) is 1. The summed E-state index contributed by atoms with van der Waals surface area (Å²) in [5.74, 6) is -0.175. The number of rotatable bonds is 8. The standard InChI is InChI=1S/C13H18N2O3S/c1-2-18-9-5-8-15-19(16,17)11-13-7-4-3-6-12(13)10-14/h3-4,6-7,15H,2,5,8-9,11H2,1H3. The van der Waals surface area contributed by atoms with Crippen LogP contribution in [0.5, 0.6) is 0 Å². The van der Waals surface area contributed by atoms with Gasteiger partial charge in [-0.1, -0.05) is 18.2 Å². The molecule has 0 saturated carbocycles. The molecule has 1 aromatic carbocycles. The van der Waals surface area contributed by atoms with Crippen LogP contribution in [0.25, 0.3) is 0 Å². The van der Waals surface area contributed by atoms with Crippen molar-refractivity contribution in [1.82, 2.24) is 4.72 Å². The molecule has 0 aliphatic carbocycles. The second-order valence-corrected chi connectivity index (χ2v) is 5.78. The van der Waals surface area contributed by atoms with Gasteiger partial charge in [0.15, 0.2) is 0 Å². The van der Waals surface area contributed by atoms with Gasteiger partial charge in [0.2, 0.25) is 10.0 Å². The van der Waals surface area contributed by atoms with Crippen LogP contribution in [-0.4, -0.2) is 28.2 Å². The smallest absolute Gasteiger partial charge is 0.215 e. The summed E-state index contributed by atoms with van der Waals surface area (Å²) in [6, 6.07) is 8.69. The number of sulfonamides is 1. The molecule has 0 aliphatic rings. The fourth-order valence-electron chi connectivity index (χ4n) is 1.56. The van der Waals surface area contributed by atoms with Crippen molar-refractivity contribution < 1.29 is 13.2 Å². The minimum atomic E-state index is -3.41. The van der Waals surface area contributed by atoms with Gasteiger partial charge in [-0.3, -0.25) is 0 Å². The monoisotopic (exact) mass is 282 g/mol. The molecule has 0 heterocycles. The van der Waals surface area contributed by atoms with Gasteiger partial charge in [-0.2, -0.15) is 5.26 Å². The summed E-state index contributed by atoms with van der Waals surface area (Å²) in [5.41, 5.74) is 0.907. The number of hydrogen-bond donors (Lipinski definition) is 1. The minimum Gasteiger partial charge on any atom is -0.382 e. The van der Waals surface area contributed by atoms with Gasteiger partial charge >= 0.3 is 0 Å². The quantitative estimate of drug-likeness (QED) is 0.731. The number of benzene rings is 1. The number of hydrogen-bond acceptors (Lipinski definition) is 4. The van der Waals surface area contributed by atoms with E-state index < -0.39 is 10.0 Å². The third-order valence-corrected chi connectivity index (χ3v) is 3.81. The molecule has 0 atom stereocenters. The summed E-state index contributed by atoms with van der Waals surface area (Å²) in [4.78, 5) is 0. The Labute approximate surface area is 114 Å². The lowest BCUT2D eigenvalue weighted by atomic mass is 10.1. The molecule has 19 heavy (non-hydrogen) atoms. The van der Waals surface area contributed by atoms with Crippen molar-refractivity contribution in [1.29, 1.82) is 5.26 Å². The van der Waals surface area contributed by atoms with Crippen molar-refractivity contribution in [2.75, 3.05) is 19.8 Å². The zero-order valence-electron chi connectivity index (χ0n) is 10.9. The van der Waals surface area contributed by atoms with Crippen LogP contribution in [0.4, 0.5) is 0 Å². The molecule has 1 aromatic rings. The molecule has 0 unspecified atom stereocenters. The Bertz CT molecular complexity index is 535. The maximum Gasteiger partial charge on any atom is 0.215 e. The van der Waals surface area contributed by atoms with Gasteiger partial charge < -0.3 is 4.74 Å². The highest BCUT2D eigenvalue weighted by Gasteiger charge is 2.13. The Morgan fingerprint density at radius 1 is 1.37 bits per heavy atom. The van der Waals surface area contributed by atoms with E-state index in [1.807, 2.05) is 13.0 Å². The average molecular weight is 282 g/mol. The summed E-state index contributed by atoms with van der Waals surface area (Å²) in [7, 11) is -3.41. The van der Waals surface area contributed by atoms with Crippen LogP contribution in [0.1, 0.15) is 24.5 Å². The number of nitrogens with zero attached hydrogens (tertiary/aromatic N) is 1. The molecule has 1 rings (SSSR count). The van der Waals surface area contributed by atoms with E-state index in [2.05, 4.69) is 4.72 Å². The van der Waals surface area contributed by atoms with Gasteiger partial charge in [-0.25, -0.2) is 13.1 Å². The fraction of sp³-hybridized carbons (Fsp3) is 0.462. The van der Waals surface area contributed by atoms with Gasteiger partial charge in [0.1, 0.15) is 0 Å². The van der Waals surface area contributed by atoms with E-state index >= 15 is 0 Å². The van der Waals surface area contributed by atoms with Gasteiger partial charge in [0.25, 0.3) is 0 Å². The van der Waals surface area contributed by atoms with E-state index in [1.165, 1.54) is 0 Å². The zero-order chi connectivity index (χ0) is 14.1. The van der Waals surface area contributed by atoms with Gasteiger partial charge in [-0.05, 0) is 25.0 Å². The molecule has 0 fully saturated rings. The first-order valence-corrected chi connectivity index (χ1v) is 7.77. The molecular formula is C13H18N2O3S. The largest absolute Gasteiger partial charge is 0.382 e. The first-order chi connectivity index (χ1) is 9.09. The minimum absolute atomic E-state index is 0.175. The van der Waals surface area contributed by atoms with Crippen LogP contribution < -0.4 is 4.72 Å². The van der Waals surface area contributed by atoms with Crippen molar-refractivity contribution in [3.05, 3.63) is 35.4 Å². The second-order valence-electron chi connectivity index (χ2n) is 3.97. The van der Waals surface area contributed by atoms with Gasteiger partial charge in [-0.15, -0.1) is 0 Å². The maximum atomic E-state index is 11.8. The molecule has 0 aliphatic heterocycles. The molecule has 0 radical (unpaired) electrons. The van der Waals surface area contributed by atoms with Crippen molar-refractivity contribution in [3.8, 4) is 6.07 Å². The lowest BCUT2D eigenvalue weighted by Gasteiger charge is -2.07. The topological polar surface area (TPSA) is 79.2 Å². The Balaban J connectivity index is 2.53. The lowest BCUT2D eigenvalue weighted by molar-refractivity contribution is 0.146.